The second-order valence-corrected chi connectivity index (χ2v) is 5.22. The topological polar surface area (TPSA) is 29.5 Å². The van der Waals surface area contributed by atoms with Crippen LogP contribution in [0.4, 0.5) is 5.69 Å². The summed E-state index contributed by atoms with van der Waals surface area (Å²) < 4.78 is 6.41. The lowest BCUT2D eigenvalue weighted by Gasteiger charge is -2.29. The van der Waals surface area contributed by atoms with Gasteiger partial charge in [-0.05, 0) is 47.5 Å². The van der Waals surface area contributed by atoms with Crippen LogP contribution < -0.4 is 4.90 Å². The molecular formula is C13H16BrNO2. The number of anilines is 1. The minimum absolute atomic E-state index is 0.254. The van der Waals surface area contributed by atoms with Crippen LogP contribution in [0.25, 0.3) is 0 Å². The van der Waals surface area contributed by atoms with Crippen LogP contribution in [0.2, 0.25) is 0 Å². The average Bonchev–Trinajstić information content (AvgIpc) is 2.74. The van der Waals surface area contributed by atoms with Gasteiger partial charge >= 0.3 is 0 Å². The van der Waals surface area contributed by atoms with Gasteiger partial charge in [0, 0.05) is 29.4 Å². The van der Waals surface area contributed by atoms with Gasteiger partial charge in [-0.2, -0.15) is 0 Å². The normalized spacial score (nSPS) is 23.7. The lowest BCUT2D eigenvalue weighted by Crippen LogP contribution is -2.36. The van der Waals surface area contributed by atoms with Crippen molar-refractivity contribution in [1.29, 1.82) is 0 Å². The van der Waals surface area contributed by atoms with E-state index in [0.717, 1.165) is 29.5 Å². The maximum atomic E-state index is 10.8. The van der Waals surface area contributed by atoms with E-state index in [4.69, 9.17) is 4.74 Å². The summed E-state index contributed by atoms with van der Waals surface area (Å²) in [6, 6.07) is 6.20. The molecule has 17 heavy (non-hydrogen) atoms. The summed E-state index contributed by atoms with van der Waals surface area (Å²) in [6.45, 7) is 2.92. The Hall–Kier alpha value is -0.870. The van der Waals surface area contributed by atoms with Crippen LogP contribution in [0.15, 0.2) is 22.7 Å². The largest absolute Gasteiger partial charge is 0.376 e. The number of likely N-dealkylation sites (N-methyl/N-ethyl adjacent to an activating group) is 1. The minimum Gasteiger partial charge on any atom is -0.376 e. The van der Waals surface area contributed by atoms with Crippen LogP contribution in [0.5, 0.6) is 0 Å². The van der Waals surface area contributed by atoms with Crippen LogP contribution in [0, 0.1) is 0 Å². The minimum atomic E-state index is 0.254. The Morgan fingerprint density at radius 1 is 1.53 bits per heavy atom. The van der Waals surface area contributed by atoms with E-state index < -0.39 is 0 Å². The van der Waals surface area contributed by atoms with Gasteiger partial charge in [0.05, 0.1) is 12.1 Å². The van der Waals surface area contributed by atoms with E-state index in [1.807, 2.05) is 18.2 Å². The molecule has 2 unspecified atom stereocenters. The first-order chi connectivity index (χ1) is 8.13. The van der Waals surface area contributed by atoms with Crippen molar-refractivity contribution in [3.63, 3.8) is 0 Å². The van der Waals surface area contributed by atoms with E-state index in [-0.39, 0.29) is 6.10 Å². The molecule has 1 fully saturated rings. The zero-order valence-electron chi connectivity index (χ0n) is 10.0. The molecule has 1 aliphatic rings. The number of ether oxygens (including phenoxy) is 1. The lowest BCUT2D eigenvalue weighted by atomic mass is 10.1. The smallest absolute Gasteiger partial charge is 0.151 e. The Morgan fingerprint density at radius 2 is 2.29 bits per heavy atom. The van der Waals surface area contributed by atoms with Crippen LogP contribution in [-0.2, 0) is 4.74 Å². The maximum absolute atomic E-state index is 10.8. The molecule has 0 aliphatic carbocycles. The molecule has 1 heterocycles. The van der Waals surface area contributed by atoms with Crippen molar-refractivity contribution in [3.05, 3.63) is 28.2 Å². The van der Waals surface area contributed by atoms with Crippen molar-refractivity contribution in [3.8, 4) is 0 Å². The standard InChI is InChI=1S/C13H16BrNO2/c1-9-13(5-6-17-9)15(2)11-4-3-10(8-16)12(14)7-11/h3-4,7-9,13H,5-6H2,1-2H3. The summed E-state index contributed by atoms with van der Waals surface area (Å²) in [5.74, 6) is 0. The number of carbonyl (C=O) groups is 1. The molecule has 1 aromatic carbocycles. The molecule has 2 atom stereocenters. The Balaban J connectivity index is 2.21. The zero-order chi connectivity index (χ0) is 12.4. The van der Waals surface area contributed by atoms with Crippen LogP contribution in [0.1, 0.15) is 23.7 Å². The molecule has 1 aliphatic heterocycles. The number of halogens is 1. The Morgan fingerprint density at radius 3 is 2.82 bits per heavy atom. The molecule has 0 spiro atoms. The molecule has 92 valence electrons. The number of hydrogen-bond acceptors (Lipinski definition) is 3. The first-order valence-electron chi connectivity index (χ1n) is 5.72. The molecule has 4 heteroatoms. The highest BCUT2D eigenvalue weighted by atomic mass is 79.9. The van der Waals surface area contributed by atoms with Crippen molar-refractivity contribution in [2.45, 2.75) is 25.5 Å². The highest BCUT2D eigenvalue weighted by Gasteiger charge is 2.28. The molecule has 1 saturated heterocycles. The molecule has 2 rings (SSSR count). The number of nitrogens with zero attached hydrogens (tertiary/aromatic N) is 1. The average molecular weight is 298 g/mol. The summed E-state index contributed by atoms with van der Waals surface area (Å²) in [5.41, 5.74) is 1.78. The van der Waals surface area contributed by atoms with E-state index in [1.54, 1.807) is 0 Å². The first-order valence-corrected chi connectivity index (χ1v) is 6.52. The third-order valence-electron chi connectivity index (χ3n) is 3.35. The molecule has 1 aromatic rings. The van der Waals surface area contributed by atoms with Crippen LogP contribution in [0.3, 0.4) is 0 Å². The summed E-state index contributed by atoms with van der Waals surface area (Å²) in [4.78, 5) is 13.0. The van der Waals surface area contributed by atoms with Gasteiger partial charge in [0.25, 0.3) is 0 Å². The number of rotatable bonds is 3. The van der Waals surface area contributed by atoms with Gasteiger partial charge < -0.3 is 9.64 Å². The highest BCUT2D eigenvalue weighted by Crippen LogP contribution is 2.27. The van der Waals surface area contributed by atoms with Crippen LogP contribution >= 0.6 is 15.9 Å². The third-order valence-corrected chi connectivity index (χ3v) is 4.04. The van der Waals surface area contributed by atoms with E-state index in [9.17, 15) is 4.79 Å². The molecular weight excluding hydrogens is 282 g/mol. The second kappa shape index (κ2) is 5.19. The summed E-state index contributed by atoms with van der Waals surface area (Å²) in [7, 11) is 2.07. The fraction of sp³-hybridized carbons (Fsp3) is 0.462. The Kier molecular flexibility index (Phi) is 3.84. The number of hydrogen-bond donors (Lipinski definition) is 0. The van der Waals surface area contributed by atoms with Crippen molar-refractivity contribution in [2.75, 3.05) is 18.6 Å². The van der Waals surface area contributed by atoms with Gasteiger partial charge in [0.15, 0.2) is 6.29 Å². The molecule has 0 aromatic heterocycles. The number of carbonyl (C=O) groups excluding carboxylic acids is 1. The van der Waals surface area contributed by atoms with Gasteiger partial charge in [0.2, 0.25) is 0 Å². The molecule has 0 bridgehead atoms. The van der Waals surface area contributed by atoms with Gasteiger partial charge in [0.1, 0.15) is 0 Å². The Bertz CT molecular complexity index is 422. The van der Waals surface area contributed by atoms with Crippen molar-refractivity contribution < 1.29 is 9.53 Å². The van der Waals surface area contributed by atoms with Gasteiger partial charge in [-0.1, -0.05) is 0 Å². The predicted octanol–water partition coefficient (Wildman–Crippen LogP) is 2.88. The van der Waals surface area contributed by atoms with Crippen molar-refractivity contribution >= 4 is 27.9 Å². The Labute approximate surface area is 110 Å². The monoisotopic (exact) mass is 297 g/mol. The molecule has 0 saturated carbocycles. The van der Waals surface area contributed by atoms with E-state index in [0.29, 0.717) is 11.6 Å². The quantitative estimate of drug-likeness (QED) is 0.804. The zero-order valence-corrected chi connectivity index (χ0v) is 11.6. The molecule has 3 nitrogen and oxygen atoms in total. The summed E-state index contributed by atoms with van der Waals surface area (Å²) in [5, 5.41) is 0. The maximum Gasteiger partial charge on any atom is 0.151 e. The van der Waals surface area contributed by atoms with Crippen molar-refractivity contribution in [1.82, 2.24) is 0 Å². The molecule has 0 N–H and O–H groups in total. The van der Waals surface area contributed by atoms with Gasteiger partial charge in [-0.3, -0.25) is 4.79 Å². The fourth-order valence-electron chi connectivity index (χ4n) is 2.25. The van der Waals surface area contributed by atoms with E-state index in [1.165, 1.54) is 0 Å². The fourth-order valence-corrected chi connectivity index (χ4v) is 2.71. The number of aldehydes is 1. The first kappa shape index (κ1) is 12.6. The molecule has 0 radical (unpaired) electrons. The SMILES string of the molecule is CC1OCCC1N(C)c1ccc(C=O)c(Br)c1. The highest BCUT2D eigenvalue weighted by molar-refractivity contribution is 9.10. The second-order valence-electron chi connectivity index (χ2n) is 4.37. The lowest BCUT2D eigenvalue weighted by molar-refractivity contribution is 0.112. The van der Waals surface area contributed by atoms with Gasteiger partial charge in [-0.15, -0.1) is 0 Å². The summed E-state index contributed by atoms with van der Waals surface area (Å²) in [6.07, 6.45) is 2.16. The molecule has 0 amide bonds. The van der Waals surface area contributed by atoms with Gasteiger partial charge in [-0.25, -0.2) is 0 Å². The van der Waals surface area contributed by atoms with E-state index >= 15 is 0 Å². The van der Waals surface area contributed by atoms with Crippen LogP contribution in [-0.4, -0.2) is 32.1 Å². The predicted molar refractivity (Wildman–Crippen MR) is 71.8 cm³/mol. The number of benzene rings is 1. The van der Waals surface area contributed by atoms with E-state index in [2.05, 4.69) is 34.8 Å². The summed E-state index contributed by atoms with van der Waals surface area (Å²) >= 11 is 3.41. The third kappa shape index (κ3) is 2.53. The van der Waals surface area contributed by atoms with Crippen molar-refractivity contribution in [2.24, 2.45) is 0 Å².